The molecule has 0 aliphatic heterocycles. The third-order valence-corrected chi connectivity index (χ3v) is 6.42. The Hall–Kier alpha value is -4.20. The molecule has 0 bridgehead atoms. The average Bonchev–Trinajstić information content (AvgIpc) is 3.26. The Morgan fingerprint density at radius 2 is 1.68 bits per heavy atom. The number of carbonyl (C=O) groups is 3. The lowest BCUT2D eigenvalue weighted by atomic mass is 9.91. The molecule has 0 radical (unpaired) electrons. The van der Waals surface area contributed by atoms with Crippen LogP contribution >= 0.6 is 0 Å². The lowest BCUT2D eigenvalue weighted by Crippen LogP contribution is -2.42. The highest BCUT2D eigenvalue weighted by Crippen LogP contribution is 2.40. The van der Waals surface area contributed by atoms with E-state index in [1.54, 1.807) is 27.7 Å². The maximum atomic E-state index is 13.2. The largest absolute Gasteiger partial charge is 0.493 e. The summed E-state index contributed by atoms with van der Waals surface area (Å²) in [6.45, 7) is 6.63. The molecule has 0 saturated heterocycles. The maximum absolute atomic E-state index is 13.2. The van der Waals surface area contributed by atoms with Crippen LogP contribution in [-0.2, 0) is 20.7 Å². The number of hydrogen-bond acceptors (Lipinski definition) is 7. The van der Waals surface area contributed by atoms with E-state index in [1.165, 1.54) is 19.4 Å². The van der Waals surface area contributed by atoms with Gasteiger partial charge in [0.2, 0.25) is 5.75 Å². The fraction of sp³-hybridized carbons (Fsp3) is 0.333. The molecule has 1 heterocycles. The number of benzene rings is 2. The first-order valence-corrected chi connectivity index (χ1v) is 12.5. The van der Waals surface area contributed by atoms with E-state index in [0.717, 1.165) is 16.7 Å². The monoisotopic (exact) mass is 516 g/mol. The van der Waals surface area contributed by atoms with Crippen molar-refractivity contribution in [3.05, 3.63) is 89.2 Å². The number of methoxy groups -OCH3 is 1. The van der Waals surface area contributed by atoms with Crippen molar-refractivity contribution in [2.75, 3.05) is 7.11 Å². The lowest BCUT2D eigenvalue weighted by Gasteiger charge is -2.24. The van der Waals surface area contributed by atoms with Crippen LogP contribution in [0, 0.1) is 5.41 Å². The van der Waals surface area contributed by atoms with Crippen LogP contribution in [-0.4, -0.2) is 42.1 Å². The molecule has 0 saturated carbocycles. The standard InChI is InChI=1S/C30H32N2O6/c1-18(32-27(33)25-26(22(36-5)15-16-31-25)38-29(35)30(2,3)4)28(34)37-23-17-20-13-9-10-14-21(20)24(23)19-11-7-6-8-12-19/h6-16,18,23-24H,17H2,1-5H3,(H,32,33)/t18-,23?,24?/m0/s1. The number of hydrogen-bond donors (Lipinski definition) is 1. The maximum Gasteiger partial charge on any atom is 0.328 e. The molecule has 3 aromatic rings. The van der Waals surface area contributed by atoms with Gasteiger partial charge in [0.25, 0.3) is 5.91 Å². The number of pyridine rings is 1. The van der Waals surface area contributed by atoms with Crippen LogP contribution in [0.25, 0.3) is 0 Å². The summed E-state index contributed by atoms with van der Waals surface area (Å²) in [6.07, 6.45) is 1.53. The zero-order valence-electron chi connectivity index (χ0n) is 22.2. The summed E-state index contributed by atoms with van der Waals surface area (Å²) in [5, 5.41) is 2.63. The van der Waals surface area contributed by atoms with Gasteiger partial charge in [-0.05, 0) is 44.4 Å². The molecule has 4 rings (SSSR count). The Bertz CT molecular complexity index is 1330. The van der Waals surface area contributed by atoms with Crippen molar-refractivity contribution in [3.8, 4) is 11.5 Å². The molecule has 1 amide bonds. The molecule has 1 aliphatic carbocycles. The number of rotatable bonds is 7. The number of nitrogens with one attached hydrogen (secondary N) is 1. The number of nitrogens with zero attached hydrogens (tertiary/aromatic N) is 1. The van der Waals surface area contributed by atoms with Gasteiger partial charge in [-0.1, -0.05) is 54.6 Å². The van der Waals surface area contributed by atoms with E-state index >= 15 is 0 Å². The van der Waals surface area contributed by atoms with Gasteiger partial charge in [0.05, 0.1) is 12.5 Å². The molecular weight excluding hydrogens is 484 g/mol. The minimum absolute atomic E-state index is 0.108. The number of amides is 1. The number of fused-ring (bicyclic) bond motifs is 1. The number of aromatic nitrogens is 1. The van der Waals surface area contributed by atoms with Gasteiger partial charge in [-0.2, -0.15) is 0 Å². The SMILES string of the molecule is COc1ccnc(C(=O)N[C@@H](C)C(=O)OC2Cc3ccccc3C2c2ccccc2)c1OC(=O)C(C)(C)C. The Morgan fingerprint density at radius 3 is 2.37 bits per heavy atom. The first-order valence-electron chi connectivity index (χ1n) is 12.5. The number of esters is 2. The van der Waals surface area contributed by atoms with Gasteiger partial charge in [0.1, 0.15) is 12.1 Å². The molecule has 3 atom stereocenters. The summed E-state index contributed by atoms with van der Waals surface area (Å²) in [5.41, 5.74) is 2.32. The van der Waals surface area contributed by atoms with Crippen molar-refractivity contribution in [1.82, 2.24) is 10.3 Å². The molecule has 1 aromatic heterocycles. The fourth-order valence-electron chi connectivity index (χ4n) is 4.40. The van der Waals surface area contributed by atoms with E-state index in [4.69, 9.17) is 14.2 Å². The third-order valence-electron chi connectivity index (χ3n) is 6.42. The van der Waals surface area contributed by atoms with Crippen molar-refractivity contribution >= 4 is 17.8 Å². The first-order chi connectivity index (χ1) is 18.1. The Balaban J connectivity index is 1.51. The summed E-state index contributed by atoms with van der Waals surface area (Å²) >= 11 is 0. The van der Waals surface area contributed by atoms with E-state index < -0.39 is 35.4 Å². The summed E-state index contributed by atoms with van der Waals surface area (Å²) < 4.78 is 16.7. The van der Waals surface area contributed by atoms with Gasteiger partial charge in [-0.3, -0.25) is 9.59 Å². The second kappa shape index (κ2) is 11.0. The fourth-order valence-corrected chi connectivity index (χ4v) is 4.40. The Labute approximate surface area is 222 Å². The van der Waals surface area contributed by atoms with Crippen LogP contribution in [0.1, 0.15) is 60.8 Å². The normalized spacial score (nSPS) is 17.2. The van der Waals surface area contributed by atoms with E-state index in [-0.39, 0.29) is 23.1 Å². The van der Waals surface area contributed by atoms with E-state index in [9.17, 15) is 14.4 Å². The van der Waals surface area contributed by atoms with Crippen molar-refractivity contribution < 1.29 is 28.6 Å². The van der Waals surface area contributed by atoms with Crippen LogP contribution in [0.15, 0.2) is 66.9 Å². The molecule has 1 aliphatic rings. The van der Waals surface area contributed by atoms with E-state index in [1.807, 2.05) is 48.5 Å². The zero-order valence-corrected chi connectivity index (χ0v) is 22.2. The molecule has 1 N–H and O–H groups in total. The topological polar surface area (TPSA) is 104 Å². The van der Waals surface area contributed by atoms with Gasteiger partial charge in [0, 0.05) is 24.6 Å². The van der Waals surface area contributed by atoms with Gasteiger partial charge < -0.3 is 19.5 Å². The molecule has 8 heteroatoms. The van der Waals surface area contributed by atoms with Gasteiger partial charge in [0.15, 0.2) is 11.4 Å². The van der Waals surface area contributed by atoms with Crippen molar-refractivity contribution in [1.29, 1.82) is 0 Å². The predicted octanol–water partition coefficient (Wildman–Crippen LogP) is 4.46. The Kier molecular flexibility index (Phi) is 7.80. The summed E-state index contributed by atoms with van der Waals surface area (Å²) in [7, 11) is 1.40. The second-order valence-corrected chi connectivity index (χ2v) is 10.3. The molecular formula is C30H32N2O6. The highest BCUT2D eigenvalue weighted by Gasteiger charge is 2.37. The smallest absolute Gasteiger partial charge is 0.328 e. The lowest BCUT2D eigenvalue weighted by molar-refractivity contribution is -0.151. The van der Waals surface area contributed by atoms with Crippen molar-refractivity contribution in [2.24, 2.45) is 5.41 Å². The second-order valence-electron chi connectivity index (χ2n) is 10.3. The zero-order chi connectivity index (χ0) is 27.4. The quantitative estimate of drug-likeness (QED) is 0.463. The van der Waals surface area contributed by atoms with Crippen LogP contribution in [0.3, 0.4) is 0 Å². The van der Waals surface area contributed by atoms with E-state index in [2.05, 4.69) is 16.4 Å². The predicted molar refractivity (Wildman–Crippen MR) is 141 cm³/mol. The van der Waals surface area contributed by atoms with Crippen LogP contribution in [0.5, 0.6) is 11.5 Å². The summed E-state index contributed by atoms with van der Waals surface area (Å²) in [6, 6.07) is 18.5. The van der Waals surface area contributed by atoms with Crippen molar-refractivity contribution in [2.45, 2.75) is 52.2 Å². The third kappa shape index (κ3) is 5.69. The van der Waals surface area contributed by atoms with Crippen LogP contribution in [0.4, 0.5) is 0 Å². The van der Waals surface area contributed by atoms with E-state index in [0.29, 0.717) is 6.42 Å². The number of carbonyl (C=O) groups excluding carboxylic acids is 3. The molecule has 0 spiro atoms. The van der Waals surface area contributed by atoms with Crippen LogP contribution in [0.2, 0.25) is 0 Å². The van der Waals surface area contributed by atoms with Crippen molar-refractivity contribution in [3.63, 3.8) is 0 Å². The molecule has 0 fully saturated rings. The minimum atomic E-state index is -0.984. The molecule has 198 valence electrons. The average molecular weight is 517 g/mol. The van der Waals surface area contributed by atoms with Gasteiger partial charge in [-0.25, -0.2) is 9.78 Å². The Morgan fingerprint density at radius 1 is 1.00 bits per heavy atom. The van der Waals surface area contributed by atoms with Gasteiger partial charge in [-0.15, -0.1) is 0 Å². The summed E-state index contributed by atoms with van der Waals surface area (Å²) in [4.78, 5) is 42.9. The summed E-state index contributed by atoms with van der Waals surface area (Å²) in [5.74, 6) is -1.87. The highest BCUT2D eigenvalue weighted by atomic mass is 16.6. The van der Waals surface area contributed by atoms with Gasteiger partial charge >= 0.3 is 11.9 Å². The first kappa shape index (κ1) is 26.9. The molecule has 2 aromatic carbocycles. The molecule has 8 nitrogen and oxygen atoms in total. The highest BCUT2D eigenvalue weighted by molar-refractivity contribution is 5.99. The number of ether oxygens (including phenoxy) is 3. The molecule has 2 unspecified atom stereocenters. The minimum Gasteiger partial charge on any atom is -0.493 e. The molecule has 38 heavy (non-hydrogen) atoms. The van der Waals surface area contributed by atoms with Crippen LogP contribution < -0.4 is 14.8 Å².